The zero-order chi connectivity index (χ0) is 19.2. The predicted octanol–water partition coefficient (Wildman–Crippen LogP) is 3.44. The Morgan fingerprint density at radius 2 is 1.41 bits per heavy atom. The molecule has 0 atom stereocenters. The Balaban J connectivity index is 1.90. The molecule has 6 nitrogen and oxygen atoms in total. The second-order valence-corrected chi connectivity index (χ2v) is 5.70. The average molecular weight is 359 g/mol. The van der Waals surface area contributed by atoms with Crippen LogP contribution in [0.5, 0.6) is 5.75 Å². The van der Waals surface area contributed by atoms with Crippen molar-refractivity contribution in [3.8, 4) is 5.75 Å². The van der Waals surface area contributed by atoms with Crippen molar-refractivity contribution in [3.63, 3.8) is 0 Å². The Labute approximate surface area is 156 Å². The number of benzene rings is 3. The third-order valence-corrected chi connectivity index (χ3v) is 3.79. The van der Waals surface area contributed by atoms with E-state index in [4.69, 9.17) is 15.9 Å². The Morgan fingerprint density at radius 1 is 0.815 bits per heavy atom. The predicted molar refractivity (Wildman–Crippen MR) is 103 cm³/mol. The molecular weight excluding hydrogens is 342 g/mol. The van der Waals surface area contributed by atoms with E-state index in [9.17, 15) is 9.59 Å². The van der Waals surface area contributed by atoms with Gasteiger partial charge in [0.15, 0.2) is 5.75 Å². The third kappa shape index (κ3) is 4.38. The quantitative estimate of drug-likeness (QED) is 0.281. The van der Waals surface area contributed by atoms with Crippen molar-refractivity contribution >= 4 is 23.4 Å². The lowest BCUT2D eigenvalue weighted by atomic mass is 10.1. The summed E-state index contributed by atoms with van der Waals surface area (Å²) in [7, 11) is 0. The minimum atomic E-state index is -0.554. The molecule has 0 bridgehead atoms. The number of carbonyl (C=O) groups is 2. The van der Waals surface area contributed by atoms with Gasteiger partial charge in [-0.3, -0.25) is 10.2 Å². The largest absolute Gasteiger partial charge is 0.421 e. The first-order valence-corrected chi connectivity index (χ1v) is 8.16. The summed E-state index contributed by atoms with van der Waals surface area (Å²) in [5, 5.41) is 10.3. The van der Waals surface area contributed by atoms with E-state index in [1.807, 2.05) is 0 Å². The standard InChI is InChI=1S/C21H17N3O3/c22-19(23)16-11-12-18(27-21(26)15-9-5-2-6-10-15)17(13-16)24-20(25)14-7-3-1-4-8-14/h1-13H,(H3,22,23)(H,24,25). The molecule has 0 aliphatic rings. The molecule has 4 N–H and O–H groups in total. The first-order valence-electron chi connectivity index (χ1n) is 8.16. The molecule has 0 spiro atoms. The first-order chi connectivity index (χ1) is 13.0. The number of nitrogen functional groups attached to an aromatic ring is 1. The van der Waals surface area contributed by atoms with E-state index < -0.39 is 5.97 Å². The Kier molecular flexibility index (Phi) is 5.28. The summed E-state index contributed by atoms with van der Waals surface area (Å²) in [4.78, 5) is 24.8. The summed E-state index contributed by atoms with van der Waals surface area (Å²) in [5.74, 6) is -0.918. The highest BCUT2D eigenvalue weighted by molar-refractivity contribution is 6.06. The molecule has 0 unspecified atom stereocenters. The van der Waals surface area contributed by atoms with Crippen LogP contribution in [0.2, 0.25) is 0 Å². The fourth-order valence-corrected chi connectivity index (χ4v) is 2.40. The molecule has 0 radical (unpaired) electrons. The molecular formula is C21H17N3O3. The fourth-order valence-electron chi connectivity index (χ4n) is 2.40. The van der Waals surface area contributed by atoms with Crippen molar-refractivity contribution in [3.05, 3.63) is 95.6 Å². The van der Waals surface area contributed by atoms with Crippen molar-refractivity contribution in [2.75, 3.05) is 5.32 Å². The molecule has 0 aliphatic carbocycles. The third-order valence-electron chi connectivity index (χ3n) is 3.79. The molecule has 3 rings (SSSR count). The number of anilines is 1. The van der Waals surface area contributed by atoms with Crippen LogP contribution in [-0.4, -0.2) is 17.7 Å². The lowest BCUT2D eigenvalue weighted by Crippen LogP contribution is -2.17. The number of ether oxygens (including phenoxy) is 1. The number of hydrogen-bond acceptors (Lipinski definition) is 4. The van der Waals surface area contributed by atoms with E-state index in [1.54, 1.807) is 66.7 Å². The van der Waals surface area contributed by atoms with E-state index >= 15 is 0 Å². The minimum Gasteiger partial charge on any atom is -0.421 e. The van der Waals surface area contributed by atoms with Crippen molar-refractivity contribution in [1.82, 2.24) is 0 Å². The van der Waals surface area contributed by atoms with Gasteiger partial charge < -0.3 is 15.8 Å². The summed E-state index contributed by atoms with van der Waals surface area (Å²) in [6.45, 7) is 0. The van der Waals surface area contributed by atoms with E-state index in [0.29, 0.717) is 16.7 Å². The number of amides is 1. The maximum Gasteiger partial charge on any atom is 0.343 e. The molecule has 0 aliphatic heterocycles. The maximum absolute atomic E-state index is 12.5. The van der Waals surface area contributed by atoms with Crippen LogP contribution in [0.15, 0.2) is 78.9 Å². The molecule has 27 heavy (non-hydrogen) atoms. The van der Waals surface area contributed by atoms with E-state index in [2.05, 4.69) is 5.32 Å². The van der Waals surface area contributed by atoms with Crippen molar-refractivity contribution in [2.24, 2.45) is 5.73 Å². The van der Waals surface area contributed by atoms with Gasteiger partial charge in [0.1, 0.15) is 5.84 Å². The van der Waals surface area contributed by atoms with Gasteiger partial charge in [-0.15, -0.1) is 0 Å². The van der Waals surface area contributed by atoms with Crippen LogP contribution in [0, 0.1) is 5.41 Å². The van der Waals surface area contributed by atoms with Crippen molar-refractivity contribution in [2.45, 2.75) is 0 Å². The molecule has 3 aromatic rings. The second-order valence-electron chi connectivity index (χ2n) is 5.70. The zero-order valence-corrected chi connectivity index (χ0v) is 14.3. The number of hydrogen-bond donors (Lipinski definition) is 3. The first kappa shape index (κ1) is 17.9. The molecule has 134 valence electrons. The van der Waals surface area contributed by atoms with Crippen LogP contribution in [-0.2, 0) is 0 Å². The Bertz CT molecular complexity index is 986. The average Bonchev–Trinajstić information content (AvgIpc) is 2.70. The lowest BCUT2D eigenvalue weighted by Gasteiger charge is -2.13. The summed E-state index contributed by atoms with van der Waals surface area (Å²) >= 11 is 0. The van der Waals surface area contributed by atoms with Gasteiger partial charge in [-0.25, -0.2) is 4.79 Å². The number of nitrogens with two attached hydrogens (primary N) is 1. The van der Waals surface area contributed by atoms with Gasteiger partial charge in [-0.2, -0.15) is 0 Å². The van der Waals surface area contributed by atoms with Gasteiger partial charge >= 0.3 is 5.97 Å². The molecule has 0 aromatic heterocycles. The van der Waals surface area contributed by atoms with Gasteiger partial charge in [-0.05, 0) is 42.5 Å². The summed E-state index contributed by atoms with van der Waals surface area (Å²) < 4.78 is 5.44. The fraction of sp³-hybridized carbons (Fsp3) is 0. The Hall–Kier alpha value is -3.93. The van der Waals surface area contributed by atoms with E-state index in [0.717, 1.165) is 0 Å². The smallest absolute Gasteiger partial charge is 0.343 e. The SMILES string of the molecule is N=C(N)c1ccc(OC(=O)c2ccccc2)c(NC(=O)c2ccccc2)c1. The van der Waals surface area contributed by atoms with Crippen LogP contribution in [0.4, 0.5) is 5.69 Å². The number of amidine groups is 1. The normalized spacial score (nSPS) is 10.1. The summed E-state index contributed by atoms with van der Waals surface area (Å²) in [5.41, 5.74) is 7.01. The van der Waals surface area contributed by atoms with Crippen LogP contribution in [0.25, 0.3) is 0 Å². The van der Waals surface area contributed by atoms with Crippen LogP contribution < -0.4 is 15.8 Å². The van der Waals surface area contributed by atoms with Crippen molar-refractivity contribution in [1.29, 1.82) is 5.41 Å². The summed E-state index contributed by atoms with van der Waals surface area (Å²) in [6.07, 6.45) is 0. The number of carbonyl (C=O) groups excluding carboxylic acids is 2. The molecule has 6 heteroatoms. The summed E-state index contributed by atoms with van der Waals surface area (Å²) in [6, 6.07) is 21.7. The van der Waals surface area contributed by atoms with E-state index in [-0.39, 0.29) is 23.2 Å². The highest BCUT2D eigenvalue weighted by Crippen LogP contribution is 2.27. The Morgan fingerprint density at radius 3 is 2.00 bits per heavy atom. The van der Waals surface area contributed by atoms with Gasteiger partial charge in [0, 0.05) is 11.1 Å². The lowest BCUT2D eigenvalue weighted by molar-refractivity contribution is 0.0734. The zero-order valence-electron chi connectivity index (χ0n) is 14.3. The molecule has 0 fully saturated rings. The van der Waals surface area contributed by atoms with Crippen LogP contribution in [0.3, 0.4) is 0 Å². The van der Waals surface area contributed by atoms with Gasteiger partial charge in [-0.1, -0.05) is 36.4 Å². The van der Waals surface area contributed by atoms with Crippen LogP contribution >= 0.6 is 0 Å². The molecule has 0 saturated heterocycles. The molecule has 3 aromatic carbocycles. The number of rotatable bonds is 5. The molecule has 0 heterocycles. The number of nitrogens with one attached hydrogen (secondary N) is 2. The molecule has 0 saturated carbocycles. The van der Waals surface area contributed by atoms with Crippen molar-refractivity contribution < 1.29 is 14.3 Å². The van der Waals surface area contributed by atoms with Gasteiger partial charge in [0.05, 0.1) is 11.3 Å². The van der Waals surface area contributed by atoms with Gasteiger partial charge in [0.25, 0.3) is 5.91 Å². The highest BCUT2D eigenvalue weighted by atomic mass is 16.5. The minimum absolute atomic E-state index is 0.161. The monoisotopic (exact) mass is 359 g/mol. The highest BCUT2D eigenvalue weighted by Gasteiger charge is 2.15. The number of esters is 1. The maximum atomic E-state index is 12.5. The second kappa shape index (κ2) is 7.97. The van der Waals surface area contributed by atoms with Gasteiger partial charge in [0.2, 0.25) is 0 Å². The van der Waals surface area contributed by atoms with E-state index in [1.165, 1.54) is 12.1 Å². The topological polar surface area (TPSA) is 105 Å². The van der Waals surface area contributed by atoms with Crippen LogP contribution in [0.1, 0.15) is 26.3 Å². The molecule has 1 amide bonds.